The van der Waals surface area contributed by atoms with Crippen LogP contribution in [0.4, 0.5) is 5.69 Å². The molecule has 7 heteroatoms. The third-order valence-electron chi connectivity index (χ3n) is 3.66. The highest BCUT2D eigenvalue weighted by atomic mass is 16.5. The van der Waals surface area contributed by atoms with Crippen molar-refractivity contribution in [3.05, 3.63) is 41.5 Å². The lowest BCUT2D eigenvalue weighted by Gasteiger charge is -2.26. The number of aryl methyl sites for hydroxylation is 1. The number of hydrogen-bond acceptors (Lipinski definition) is 4. The van der Waals surface area contributed by atoms with Crippen LogP contribution in [0.15, 0.2) is 24.5 Å². The van der Waals surface area contributed by atoms with Crippen molar-refractivity contribution in [2.75, 3.05) is 18.6 Å². The highest BCUT2D eigenvalue weighted by Gasteiger charge is 2.23. The van der Waals surface area contributed by atoms with Crippen LogP contribution >= 0.6 is 0 Å². The number of likely N-dealkylation sites (N-methyl/N-ethyl adjacent to an activating group) is 1. The molecule has 0 saturated carbocycles. The van der Waals surface area contributed by atoms with Crippen molar-refractivity contribution in [3.63, 3.8) is 0 Å². The number of aromatic nitrogens is 2. The van der Waals surface area contributed by atoms with Crippen molar-refractivity contribution < 1.29 is 14.3 Å². The maximum absolute atomic E-state index is 12.2. The van der Waals surface area contributed by atoms with Gasteiger partial charge in [0.05, 0.1) is 24.3 Å². The van der Waals surface area contributed by atoms with Gasteiger partial charge in [-0.3, -0.25) is 9.59 Å². The fraction of sp³-hybridized carbons (Fsp3) is 0.267. The molecular formula is C15H16N4O3. The molecule has 1 aromatic heterocycles. The van der Waals surface area contributed by atoms with Crippen LogP contribution in [0, 0.1) is 6.92 Å². The number of ether oxygens (including phenoxy) is 1. The second kappa shape index (κ2) is 5.51. The van der Waals surface area contributed by atoms with Gasteiger partial charge in [0.15, 0.2) is 6.61 Å². The van der Waals surface area contributed by atoms with E-state index in [-0.39, 0.29) is 18.4 Å². The number of amides is 2. The molecule has 7 nitrogen and oxygen atoms in total. The first-order chi connectivity index (χ1) is 10.6. The third-order valence-corrected chi connectivity index (χ3v) is 3.66. The number of carbonyl (C=O) groups is 2. The van der Waals surface area contributed by atoms with Gasteiger partial charge < -0.3 is 19.9 Å². The van der Waals surface area contributed by atoms with Gasteiger partial charge in [-0.05, 0) is 25.1 Å². The zero-order valence-corrected chi connectivity index (χ0v) is 12.3. The molecule has 0 fully saturated rings. The van der Waals surface area contributed by atoms with E-state index in [1.807, 2.05) is 6.92 Å². The Balaban J connectivity index is 1.76. The number of benzene rings is 1. The Morgan fingerprint density at radius 2 is 2.32 bits per heavy atom. The number of anilines is 1. The second-order valence-corrected chi connectivity index (χ2v) is 5.08. The minimum atomic E-state index is -0.225. The van der Waals surface area contributed by atoms with E-state index in [2.05, 4.69) is 15.3 Å². The summed E-state index contributed by atoms with van der Waals surface area (Å²) in [5, 5.41) is 2.81. The molecule has 0 bridgehead atoms. The standard InChI is InChI=1S/C15H16N4O3/c1-9-11(18-8-17-9)6-16-15(21)10-3-4-13-12(5-10)19(2)14(20)7-22-13/h3-5,8H,6-7H2,1-2H3,(H,16,21)(H,17,18). The van der Waals surface area contributed by atoms with Crippen LogP contribution in [0.5, 0.6) is 5.75 Å². The molecular weight excluding hydrogens is 284 g/mol. The zero-order chi connectivity index (χ0) is 15.7. The van der Waals surface area contributed by atoms with Crippen LogP contribution in [0.3, 0.4) is 0 Å². The Bertz CT molecular complexity index is 738. The molecule has 22 heavy (non-hydrogen) atoms. The number of rotatable bonds is 3. The Morgan fingerprint density at radius 3 is 3.05 bits per heavy atom. The summed E-state index contributed by atoms with van der Waals surface area (Å²) in [5.74, 6) is 0.232. The van der Waals surface area contributed by atoms with E-state index in [4.69, 9.17) is 4.74 Å². The SMILES string of the molecule is Cc1[nH]cnc1CNC(=O)c1ccc2c(c1)N(C)C(=O)CO2. The second-order valence-electron chi connectivity index (χ2n) is 5.08. The summed E-state index contributed by atoms with van der Waals surface area (Å²) < 4.78 is 5.34. The van der Waals surface area contributed by atoms with Gasteiger partial charge in [-0.2, -0.15) is 0 Å². The topological polar surface area (TPSA) is 87.3 Å². The average molecular weight is 300 g/mol. The molecule has 0 atom stereocenters. The number of carbonyl (C=O) groups excluding carboxylic acids is 2. The van der Waals surface area contributed by atoms with Gasteiger partial charge in [-0.15, -0.1) is 0 Å². The highest BCUT2D eigenvalue weighted by molar-refractivity contribution is 6.00. The minimum Gasteiger partial charge on any atom is -0.482 e. The highest BCUT2D eigenvalue weighted by Crippen LogP contribution is 2.31. The number of nitrogens with one attached hydrogen (secondary N) is 2. The molecule has 3 rings (SSSR count). The minimum absolute atomic E-state index is 0.0213. The van der Waals surface area contributed by atoms with Gasteiger partial charge in [-0.25, -0.2) is 4.98 Å². The quantitative estimate of drug-likeness (QED) is 0.885. The molecule has 0 unspecified atom stereocenters. The largest absolute Gasteiger partial charge is 0.482 e. The first kappa shape index (κ1) is 14.1. The molecule has 2 aromatic rings. The monoisotopic (exact) mass is 300 g/mol. The molecule has 0 saturated heterocycles. The molecule has 2 heterocycles. The van der Waals surface area contributed by atoms with Crippen molar-refractivity contribution in [2.45, 2.75) is 13.5 Å². The lowest BCUT2D eigenvalue weighted by molar-refractivity contribution is -0.120. The number of imidazole rings is 1. The lowest BCUT2D eigenvalue weighted by atomic mass is 10.1. The fourth-order valence-electron chi connectivity index (χ4n) is 2.24. The van der Waals surface area contributed by atoms with Gasteiger partial charge in [0.1, 0.15) is 5.75 Å². The van der Waals surface area contributed by atoms with E-state index in [9.17, 15) is 9.59 Å². The number of aromatic amines is 1. The maximum Gasteiger partial charge on any atom is 0.264 e. The van der Waals surface area contributed by atoms with Gasteiger partial charge >= 0.3 is 0 Å². The predicted octanol–water partition coefficient (Wildman–Crippen LogP) is 1.00. The van der Waals surface area contributed by atoms with Crippen LogP contribution in [0.25, 0.3) is 0 Å². The predicted molar refractivity (Wildman–Crippen MR) is 79.8 cm³/mol. The van der Waals surface area contributed by atoms with Gasteiger partial charge in [0.2, 0.25) is 0 Å². The Morgan fingerprint density at radius 1 is 1.50 bits per heavy atom. The Labute approximate surface area is 127 Å². The fourth-order valence-corrected chi connectivity index (χ4v) is 2.24. The molecule has 2 N–H and O–H groups in total. The van der Waals surface area contributed by atoms with Crippen molar-refractivity contribution in [1.82, 2.24) is 15.3 Å². The molecule has 2 amide bonds. The van der Waals surface area contributed by atoms with E-state index < -0.39 is 0 Å². The molecule has 114 valence electrons. The van der Waals surface area contributed by atoms with E-state index in [1.54, 1.807) is 31.6 Å². The summed E-state index contributed by atoms with van der Waals surface area (Å²) >= 11 is 0. The Hall–Kier alpha value is -2.83. The van der Waals surface area contributed by atoms with E-state index in [0.717, 1.165) is 11.4 Å². The molecule has 1 aromatic carbocycles. The first-order valence-electron chi connectivity index (χ1n) is 6.86. The van der Waals surface area contributed by atoms with Gasteiger partial charge in [0.25, 0.3) is 11.8 Å². The van der Waals surface area contributed by atoms with Crippen molar-refractivity contribution in [3.8, 4) is 5.75 Å². The lowest BCUT2D eigenvalue weighted by Crippen LogP contribution is -2.35. The summed E-state index contributed by atoms with van der Waals surface area (Å²) in [4.78, 5) is 32.5. The summed E-state index contributed by atoms with van der Waals surface area (Å²) in [7, 11) is 1.67. The van der Waals surface area contributed by atoms with Crippen LogP contribution in [0.2, 0.25) is 0 Å². The Kier molecular flexibility index (Phi) is 3.54. The van der Waals surface area contributed by atoms with Crippen molar-refractivity contribution in [1.29, 1.82) is 0 Å². The van der Waals surface area contributed by atoms with Crippen LogP contribution < -0.4 is 15.0 Å². The average Bonchev–Trinajstić information content (AvgIpc) is 2.93. The number of fused-ring (bicyclic) bond motifs is 1. The molecule has 0 radical (unpaired) electrons. The third kappa shape index (κ3) is 2.52. The summed E-state index contributed by atoms with van der Waals surface area (Å²) in [5.41, 5.74) is 2.78. The van der Waals surface area contributed by atoms with E-state index in [0.29, 0.717) is 23.5 Å². The first-order valence-corrected chi connectivity index (χ1v) is 6.86. The normalized spacial score (nSPS) is 13.5. The molecule has 1 aliphatic heterocycles. The zero-order valence-electron chi connectivity index (χ0n) is 12.3. The summed E-state index contributed by atoms with van der Waals surface area (Å²) in [6, 6.07) is 5.03. The van der Waals surface area contributed by atoms with Crippen molar-refractivity contribution >= 4 is 17.5 Å². The van der Waals surface area contributed by atoms with Crippen molar-refractivity contribution in [2.24, 2.45) is 0 Å². The number of hydrogen-bond donors (Lipinski definition) is 2. The summed E-state index contributed by atoms with van der Waals surface area (Å²) in [6.45, 7) is 2.26. The molecule has 1 aliphatic rings. The van der Waals surface area contributed by atoms with Gasteiger partial charge in [0, 0.05) is 18.3 Å². The van der Waals surface area contributed by atoms with Gasteiger partial charge in [-0.1, -0.05) is 0 Å². The number of nitrogens with zero attached hydrogens (tertiary/aromatic N) is 2. The maximum atomic E-state index is 12.2. The van der Waals surface area contributed by atoms with Crippen LogP contribution in [-0.2, 0) is 11.3 Å². The number of H-pyrrole nitrogens is 1. The summed E-state index contributed by atoms with van der Waals surface area (Å²) in [6.07, 6.45) is 1.59. The van der Waals surface area contributed by atoms with E-state index >= 15 is 0 Å². The van der Waals surface area contributed by atoms with Crippen LogP contribution in [0.1, 0.15) is 21.7 Å². The van der Waals surface area contributed by atoms with E-state index in [1.165, 1.54) is 4.90 Å². The van der Waals surface area contributed by atoms with Crippen LogP contribution in [-0.4, -0.2) is 35.4 Å². The smallest absolute Gasteiger partial charge is 0.264 e. The molecule has 0 spiro atoms. The molecule has 0 aliphatic carbocycles.